The van der Waals surface area contributed by atoms with E-state index in [9.17, 15) is 34.4 Å². The second kappa shape index (κ2) is 3.38. The fraction of sp³-hybridized carbons (Fsp3) is 1.00. The molecular formula is C2H3F4NO4S2. The zero-order valence-corrected chi connectivity index (χ0v) is 7.30. The van der Waals surface area contributed by atoms with Crippen molar-refractivity contribution in [3.8, 4) is 0 Å². The van der Waals surface area contributed by atoms with Crippen LogP contribution in [0.25, 0.3) is 0 Å². The molecule has 0 fully saturated rings. The highest BCUT2D eigenvalue weighted by Crippen LogP contribution is 2.22. The highest BCUT2D eigenvalue weighted by Gasteiger charge is 2.48. The Kier molecular flexibility index (Phi) is 3.27. The second-order valence-electron chi connectivity index (χ2n) is 1.76. The summed E-state index contributed by atoms with van der Waals surface area (Å²) in [6, 6.07) is -2.25. The van der Waals surface area contributed by atoms with Gasteiger partial charge >= 0.3 is 15.5 Å². The number of hydrogen-bond acceptors (Lipinski definition) is 4. The molecule has 5 nitrogen and oxygen atoms in total. The van der Waals surface area contributed by atoms with Crippen molar-refractivity contribution in [3.63, 3.8) is 0 Å². The molecular weight excluding hydrogens is 242 g/mol. The van der Waals surface area contributed by atoms with Crippen LogP contribution in [-0.2, 0) is 20.0 Å². The maximum atomic E-state index is 11.5. The Morgan fingerprint density at radius 2 is 1.46 bits per heavy atom. The van der Waals surface area contributed by atoms with Crippen LogP contribution in [-0.4, -0.2) is 28.4 Å². The molecule has 0 atom stereocenters. The van der Waals surface area contributed by atoms with Crippen LogP contribution in [0.15, 0.2) is 0 Å². The van der Waals surface area contributed by atoms with Crippen molar-refractivity contribution in [2.75, 3.05) is 6.01 Å². The smallest absolute Gasteiger partial charge is 0.232 e. The van der Waals surface area contributed by atoms with Gasteiger partial charge in [0.15, 0.2) is 0 Å². The Balaban J connectivity index is 4.97. The summed E-state index contributed by atoms with van der Waals surface area (Å²) < 4.78 is 86.2. The number of alkyl halides is 4. The summed E-state index contributed by atoms with van der Waals surface area (Å²) in [6.45, 7) is 0. The summed E-state index contributed by atoms with van der Waals surface area (Å²) in [6.07, 6.45) is 0. The Morgan fingerprint density at radius 1 is 1.08 bits per heavy atom. The first-order valence-electron chi connectivity index (χ1n) is 2.40. The minimum absolute atomic E-state index is 0.167. The molecule has 0 aromatic carbocycles. The normalized spacial score (nSPS) is 14.5. The summed E-state index contributed by atoms with van der Waals surface area (Å²) in [5.74, 6) is 0. The summed E-state index contributed by atoms with van der Waals surface area (Å²) in [5, 5.41) is 0. The minimum Gasteiger partial charge on any atom is -0.232 e. The SMILES string of the molecule is O=S(=O)(CF)NS(=O)(=O)C(F)(F)F. The van der Waals surface area contributed by atoms with Gasteiger partial charge in [-0.25, -0.2) is 21.2 Å². The average molecular weight is 245 g/mol. The summed E-state index contributed by atoms with van der Waals surface area (Å²) >= 11 is 0. The van der Waals surface area contributed by atoms with Gasteiger partial charge in [0, 0.05) is 0 Å². The van der Waals surface area contributed by atoms with Crippen LogP contribution < -0.4 is 4.13 Å². The van der Waals surface area contributed by atoms with Gasteiger partial charge in [-0.3, -0.25) is 0 Å². The maximum Gasteiger partial charge on any atom is 0.512 e. The van der Waals surface area contributed by atoms with Crippen LogP contribution in [0, 0.1) is 0 Å². The van der Waals surface area contributed by atoms with Gasteiger partial charge in [-0.1, -0.05) is 4.13 Å². The molecule has 0 aromatic rings. The van der Waals surface area contributed by atoms with E-state index < -0.39 is 31.6 Å². The van der Waals surface area contributed by atoms with Gasteiger partial charge in [0.05, 0.1) is 0 Å². The number of sulfonamides is 2. The predicted octanol–water partition coefficient (Wildman–Crippen LogP) is -0.318. The van der Waals surface area contributed by atoms with Crippen LogP contribution >= 0.6 is 0 Å². The Labute approximate surface area is 70.8 Å². The third kappa shape index (κ3) is 3.44. The third-order valence-corrected chi connectivity index (χ3v) is 3.48. The molecule has 0 aliphatic carbocycles. The van der Waals surface area contributed by atoms with Crippen molar-refractivity contribution < 1.29 is 34.4 Å². The first-order valence-corrected chi connectivity index (χ1v) is 5.54. The van der Waals surface area contributed by atoms with E-state index in [0.717, 1.165) is 0 Å². The van der Waals surface area contributed by atoms with E-state index >= 15 is 0 Å². The number of rotatable bonds is 3. The molecule has 0 saturated heterocycles. The fourth-order valence-corrected chi connectivity index (χ4v) is 2.13. The summed E-state index contributed by atoms with van der Waals surface area (Å²) in [5.41, 5.74) is -5.78. The van der Waals surface area contributed by atoms with Crippen molar-refractivity contribution in [3.05, 3.63) is 0 Å². The largest absolute Gasteiger partial charge is 0.512 e. The highest BCUT2D eigenvalue weighted by atomic mass is 32.3. The average Bonchev–Trinajstić information content (AvgIpc) is 1.83. The number of hydrogen-bond donors (Lipinski definition) is 1. The molecule has 0 aliphatic rings. The molecule has 0 aliphatic heterocycles. The first kappa shape index (κ1) is 12.6. The van der Waals surface area contributed by atoms with E-state index in [2.05, 4.69) is 0 Å². The maximum absolute atomic E-state index is 11.5. The number of nitrogens with one attached hydrogen (secondary N) is 1. The molecule has 0 spiro atoms. The van der Waals surface area contributed by atoms with Crippen molar-refractivity contribution in [2.24, 2.45) is 0 Å². The lowest BCUT2D eigenvalue weighted by atomic mass is 11.6. The van der Waals surface area contributed by atoms with Gasteiger partial charge in [-0.2, -0.15) is 13.2 Å². The zero-order valence-electron chi connectivity index (χ0n) is 5.67. The molecule has 0 saturated carbocycles. The molecule has 11 heteroatoms. The molecule has 1 N–H and O–H groups in total. The van der Waals surface area contributed by atoms with E-state index in [1.807, 2.05) is 0 Å². The Hall–Kier alpha value is -0.420. The Bertz CT molecular complexity index is 365. The van der Waals surface area contributed by atoms with Crippen LogP contribution in [0.1, 0.15) is 0 Å². The summed E-state index contributed by atoms with van der Waals surface area (Å²) in [4.78, 5) is 0. The van der Waals surface area contributed by atoms with E-state index in [-0.39, 0.29) is 4.13 Å². The van der Waals surface area contributed by atoms with Gasteiger partial charge in [-0.15, -0.1) is 0 Å². The lowest BCUT2D eigenvalue weighted by Gasteiger charge is -2.07. The van der Waals surface area contributed by atoms with Crippen LogP contribution in [0.5, 0.6) is 0 Å². The van der Waals surface area contributed by atoms with Gasteiger partial charge in [0.1, 0.15) is 0 Å². The lowest BCUT2D eigenvalue weighted by Crippen LogP contribution is -2.40. The topological polar surface area (TPSA) is 80.3 Å². The first-order chi connectivity index (χ1) is 5.52. The molecule has 0 heterocycles. The molecule has 0 rings (SSSR count). The van der Waals surface area contributed by atoms with Gasteiger partial charge < -0.3 is 0 Å². The van der Waals surface area contributed by atoms with Gasteiger partial charge in [0.2, 0.25) is 6.01 Å². The summed E-state index contributed by atoms with van der Waals surface area (Å²) in [7, 11) is -11.1. The van der Waals surface area contributed by atoms with Crippen molar-refractivity contribution in [2.45, 2.75) is 5.51 Å². The van der Waals surface area contributed by atoms with Crippen LogP contribution in [0.4, 0.5) is 17.6 Å². The molecule has 80 valence electrons. The van der Waals surface area contributed by atoms with Crippen molar-refractivity contribution in [1.82, 2.24) is 4.13 Å². The van der Waals surface area contributed by atoms with E-state index in [4.69, 9.17) is 0 Å². The zero-order chi connectivity index (χ0) is 10.9. The fourth-order valence-electron chi connectivity index (χ4n) is 0.237. The van der Waals surface area contributed by atoms with Crippen molar-refractivity contribution in [1.29, 1.82) is 0 Å². The number of halogens is 4. The molecule has 0 bridgehead atoms. The monoisotopic (exact) mass is 245 g/mol. The quantitative estimate of drug-likeness (QED) is 0.691. The van der Waals surface area contributed by atoms with Gasteiger partial charge in [-0.05, 0) is 0 Å². The van der Waals surface area contributed by atoms with E-state index in [1.165, 1.54) is 0 Å². The second-order valence-corrected chi connectivity index (χ2v) is 5.34. The Morgan fingerprint density at radius 3 is 1.69 bits per heavy atom. The predicted molar refractivity (Wildman–Crippen MR) is 33.0 cm³/mol. The van der Waals surface area contributed by atoms with Crippen LogP contribution in [0.2, 0.25) is 0 Å². The lowest BCUT2D eigenvalue weighted by molar-refractivity contribution is -0.0441. The third-order valence-electron chi connectivity index (χ3n) is 0.685. The molecule has 0 amide bonds. The molecule has 13 heavy (non-hydrogen) atoms. The van der Waals surface area contributed by atoms with Gasteiger partial charge in [0.25, 0.3) is 10.0 Å². The molecule has 0 aromatic heterocycles. The van der Waals surface area contributed by atoms with E-state index in [1.54, 1.807) is 0 Å². The van der Waals surface area contributed by atoms with E-state index in [0.29, 0.717) is 0 Å². The molecule has 0 radical (unpaired) electrons. The van der Waals surface area contributed by atoms with Crippen LogP contribution in [0.3, 0.4) is 0 Å². The molecule has 0 unspecified atom stereocenters. The minimum atomic E-state index is -6.05. The highest BCUT2D eigenvalue weighted by molar-refractivity contribution is 8.05. The van der Waals surface area contributed by atoms with Crippen molar-refractivity contribution >= 4 is 20.0 Å². The standard InChI is InChI=1S/C2H3F4NO4S2/c3-1-12(8,9)7-13(10,11)2(4,5)6/h7H,1H2.